The molecular formula is C15H15BrClNOS. The Morgan fingerprint density at radius 3 is 3.15 bits per heavy atom. The predicted octanol–water partition coefficient (Wildman–Crippen LogP) is 5.41. The van der Waals surface area contributed by atoms with Crippen molar-refractivity contribution in [2.24, 2.45) is 0 Å². The molecule has 1 aliphatic carbocycles. The van der Waals surface area contributed by atoms with Crippen LogP contribution in [0.3, 0.4) is 0 Å². The zero-order valence-corrected chi connectivity index (χ0v) is 14.2. The van der Waals surface area contributed by atoms with Gasteiger partial charge < -0.3 is 10.1 Å². The van der Waals surface area contributed by atoms with Crippen molar-refractivity contribution in [1.82, 2.24) is 0 Å². The van der Waals surface area contributed by atoms with Crippen molar-refractivity contribution in [3.05, 3.63) is 49.1 Å². The average molecular weight is 373 g/mol. The van der Waals surface area contributed by atoms with Crippen molar-refractivity contribution in [3.8, 4) is 0 Å². The summed E-state index contributed by atoms with van der Waals surface area (Å²) >= 11 is 11.4. The quantitative estimate of drug-likeness (QED) is 0.775. The van der Waals surface area contributed by atoms with E-state index >= 15 is 0 Å². The Kier molecular flexibility index (Phi) is 4.36. The Balaban J connectivity index is 1.87. The maximum atomic E-state index is 6.12. The van der Waals surface area contributed by atoms with Crippen LogP contribution in [0.15, 0.2) is 28.7 Å². The van der Waals surface area contributed by atoms with Gasteiger partial charge in [0.05, 0.1) is 17.0 Å². The Hall–Kier alpha value is -0.550. The van der Waals surface area contributed by atoms with Crippen LogP contribution in [0.5, 0.6) is 0 Å². The SMILES string of the molecule is COCc1c(Br)cccc1NC1CCc2sc(Cl)cc21. The third-order valence-corrected chi connectivity index (χ3v) is 5.67. The van der Waals surface area contributed by atoms with E-state index in [2.05, 4.69) is 33.4 Å². The second-order valence-corrected chi connectivity index (χ2v) is 7.49. The first-order valence-electron chi connectivity index (χ1n) is 6.50. The number of anilines is 1. The molecule has 0 aliphatic heterocycles. The summed E-state index contributed by atoms with van der Waals surface area (Å²) in [5.74, 6) is 0. The summed E-state index contributed by atoms with van der Waals surface area (Å²) in [6.45, 7) is 0.591. The van der Waals surface area contributed by atoms with Gasteiger partial charge in [0.2, 0.25) is 0 Å². The van der Waals surface area contributed by atoms with Gasteiger partial charge in [-0.1, -0.05) is 33.6 Å². The second kappa shape index (κ2) is 6.06. The van der Waals surface area contributed by atoms with Gasteiger partial charge in [0.1, 0.15) is 0 Å². The molecule has 0 bridgehead atoms. The first kappa shape index (κ1) is 14.4. The zero-order valence-electron chi connectivity index (χ0n) is 11.1. The molecule has 2 aromatic rings. The maximum absolute atomic E-state index is 6.12. The topological polar surface area (TPSA) is 21.3 Å². The highest BCUT2D eigenvalue weighted by atomic mass is 79.9. The number of rotatable bonds is 4. The third-order valence-electron chi connectivity index (χ3n) is 3.58. The van der Waals surface area contributed by atoms with Gasteiger partial charge >= 0.3 is 0 Å². The van der Waals surface area contributed by atoms with E-state index < -0.39 is 0 Å². The van der Waals surface area contributed by atoms with Crippen molar-refractivity contribution in [1.29, 1.82) is 0 Å². The van der Waals surface area contributed by atoms with Crippen molar-refractivity contribution < 1.29 is 4.74 Å². The Bertz CT molecular complexity index is 628. The van der Waals surface area contributed by atoms with Crippen molar-refractivity contribution in [2.45, 2.75) is 25.5 Å². The van der Waals surface area contributed by atoms with E-state index in [4.69, 9.17) is 16.3 Å². The highest BCUT2D eigenvalue weighted by Crippen LogP contribution is 2.41. The fourth-order valence-electron chi connectivity index (χ4n) is 2.65. The molecule has 0 spiro atoms. The normalized spacial score (nSPS) is 17.2. The average Bonchev–Trinajstić information content (AvgIpc) is 2.94. The fraction of sp³-hybridized carbons (Fsp3) is 0.333. The summed E-state index contributed by atoms with van der Waals surface area (Å²) in [5, 5.41) is 3.64. The number of aryl methyl sites for hydroxylation is 1. The number of benzene rings is 1. The molecule has 1 unspecified atom stereocenters. The molecule has 1 aromatic heterocycles. The van der Waals surface area contributed by atoms with Gasteiger partial charge in [-0.05, 0) is 36.6 Å². The summed E-state index contributed by atoms with van der Waals surface area (Å²) in [7, 11) is 1.72. The van der Waals surface area contributed by atoms with Crippen LogP contribution >= 0.6 is 38.9 Å². The predicted molar refractivity (Wildman–Crippen MR) is 88.9 cm³/mol. The van der Waals surface area contributed by atoms with E-state index in [9.17, 15) is 0 Å². The van der Waals surface area contributed by atoms with Gasteiger partial charge in [-0.25, -0.2) is 0 Å². The number of methoxy groups -OCH3 is 1. The number of ether oxygens (including phenoxy) is 1. The highest BCUT2D eigenvalue weighted by Gasteiger charge is 2.25. The van der Waals surface area contributed by atoms with Crippen molar-refractivity contribution in [2.75, 3.05) is 12.4 Å². The molecule has 2 nitrogen and oxygen atoms in total. The molecule has 0 radical (unpaired) electrons. The van der Waals surface area contributed by atoms with E-state index in [1.54, 1.807) is 18.4 Å². The standard InChI is InChI=1S/C15H15BrClNOS/c1-19-8-10-11(16)3-2-4-12(10)18-13-5-6-14-9(13)7-15(17)20-14/h2-4,7,13,18H,5-6,8H2,1H3. The van der Waals surface area contributed by atoms with E-state index in [0.717, 1.165) is 32.9 Å². The Labute approximate surface area is 136 Å². The lowest BCUT2D eigenvalue weighted by molar-refractivity contribution is 0.185. The van der Waals surface area contributed by atoms with E-state index in [0.29, 0.717) is 12.6 Å². The molecule has 106 valence electrons. The molecular weight excluding hydrogens is 358 g/mol. The number of hydrogen-bond donors (Lipinski definition) is 1. The molecule has 1 N–H and O–H groups in total. The lowest BCUT2D eigenvalue weighted by Gasteiger charge is -2.18. The number of fused-ring (bicyclic) bond motifs is 1. The molecule has 5 heteroatoms. The molecule has 1 aliphatic rings. The van der Waals surface area contributed by atoms with Gasteiger partial charge in [0.25, 0.3) is 0 Å². The van der Waals surface area contributed by atoms with Crippen LogP contribution in [0.1, 0.15) is 28.5 Å². The Morgan fingerprint density at radius 2 is 2.35 bits per heavy atom. The van der Waals surface area contributed by atoms with Crippen LogP contribution in [0.25, 0.3) is 0 Å². The zero-order chi connectivity index (χ0) is 14.1. The molecule has 1 heterocycles. The largest absolute Gasteiger partial charge is 0.380 e. The van der Waals surface area contributed by atoms with E-state index in [1.165, 1.54) is 10.4 Å². The van der Waals surface area contributed by atoms with Crippen LogP contribution in [0.2, 0.25) is 4.34 Å². The summed E-state index contributed by atoms with van der Waals surface area (Å²) in [6, 6.07) is 8.63. The summed E-state index contributed by atoms with van der Waals surface area (Å²) in [4.78, 5) is 1.41. The van der Waals surface area contributed by atoms with Gasteiger partial charge in [0.15, 0.2) is 0 Å². The molecule has 0 fully saturated rings. The minimum atomic E-state index is 0.346. The summed E-state index contributed by atoms with van der Waals surface area (Å²) in [5.41, 5.74) is 3.63. The van der Waals surface area contributed by atoms with Crippen LogP contribution in [0.4, 0.5) is 5.69 Å². The molecule has 1 aromatic carbocycles. The smallest absolute Gasteiger partial charge is 0.0934 e. The van der Waals surface area contributed by atoms with Gasteiger partial charge in [-0.15, -0.1) is 11.3 Å². The highest BCUT2D eigenvalue weighted by molar-refractivity contribution is 9.10. The van der Waals surface area contributed by atoms with Gasteiger partial charge in [0, 0.05) is 27.7 Å². The molecule has 0 amide bonds. The molecule has 3 rings (SSSR count). The van der Waals surface area contributed by atoms with Gasteiger partial charge in [-0.3, -0.25) is 0 Å². The molecule has 0 saturated carbocycles. The monoisotopic (exact) mass is 371 g/mol. The summed E-state index contributed by atoms with van der Waals surface area (Å²) in [6.07, 6.45) is 2.23. The minimum Gasteiger partial charge on any atom is -0.380 e. The first-order chi connectivity index (χ1) is 9.69. The van der Waals surface area contributed by atoms with Crippen LogP contribution in [0, 0.1) is 0 Å². The lowest BCUT2D eigenvalue weighted by atomic mass is 10.1. The first-order valence-corrected chi connectivity index (χ1v) is 8.48. The number of hydrogen-bond acceptors (Lipinski definition) is 3. The fourth-order valence-corrected chi connectivity index (χ4v) is 4.49. The number of nitrogens with one attached hydrogen (secondary N) is 1. The van der Waals surface area contributed by atoms with Crippen LogP contribution < -0.4 is 5.32 Å². The van der Waals surface area contributed by atoms with E-state index in [1.807, 2.05) is 12.1 Å². The van der Waals surface area contributed by atoms with Crippen LogP contribution in [-0.4, -0.2) is 7.11 Å². The number of halogens is 2. The lowest BCUT2D eigenvalue weighted by Crippen LogP contribution is -2.09. The minimum absolute atomic E-state index is 0.346. The molecule has 1 atom stereocenters. The van der Waals surface area contributed by atoms with Crippen molar-refractivity contribution in [3.63, 3.8) is 0 Å². The van der Waals surface area contributed by atoms with E-state index in [-0.39, 0.29) is 0 Å². The van der Waals surface area contributed by atoms with Gasteiger partial charge in [-0.2, -0.15) is 0 Å². The third kappa shape index (κ3) is 2.75. The maximum Gasteiger partial charge on any atom is 0.0934 e. The molecule has 0 saturated heterocycles. The van der Waals surface area contributed by atoms with Crippen LogP contribution in [-0.2, 0) is 17.8 Å². The molecule has 20 heavy (non-hydrogen) atoms. The Morgan fingerprint density at radius 1 is 1.50 bits per heavy atom. The second-order valence-electron chi connectivity index (χ2n) is 4.86. The summed E-state index contributed by atoms with van der Waals surface area (Å²) < 4.78 is 7.26. The van der Waals surface area contributed by atoms with Crippen molar-refractivity contribution >= 4 is 44.6 Å². The number of thiophene rings is 1.